The molecule has 116 valence electrons. The molecule has 2 heterocycles. The Bertz CT molecular complexity index is 467. The third kappa shape index (κ3) is 3.63. The number of nitrogens with zero attached hydrogens (tertiary/aromatic N) is 2. The van der Waals surface area contributed by atoms with Crippen molar-refractivity contribution >= 4 is 5.91 Å². The summed E-state index contributed by atoms with van der Waals surface area (Å²) < 4.78 is 0. The van der Waals surface area contributed by atoms with Gasteiger partial charge in [-0.25, -0.2) is 0 Å². The van der Waals surface area contributed by atoms with Crippen LogP contribution in [0.4, 0.5) is 0 Å². The number of likely N-dealkylation sites (tertiary alicyclic amines) is 1. The van der Waals surface area contributed by atoms with Crippen LogP contribution in [0.1, 0.15) is 19.8 Å². The first-order valence-electron chi connectivity index (χ1n) is 7.69. The van der Waals surface area contributed by atoms with Gasteiger partial charge in [-0.1, -0.05) is 24.8 Å². The Balaban J connectivity index is 2.03. The molecule has 0 aromatic heterocycles. The van der Waals surface area contributed by atoms with Crippen LogP contribution in [0, 0.1) is 5.92 Å². The summed E-state index contributed by atoms with van der Waals surface area (Å²) in [5.41, 5.74) is 2.33. The molecule has 0 aliphatic carbocycles. The zero-order valence-corrected chi connectivity index (χ0v) is 13.1. The number of carbonyl (C=O) groups excluding carboxylic acids is 1. The maximum atomic E-state index is 12.5. The first-order valence-corrected chi connectivity index (χ1v) is 7.69. The SMILES string of the molecule is C=CC1=C(/C=C\C)CCN(C(=O)C(O)C2CCN(C)C2)C1. The molecule has 0 aromatic rings. The van der Waals surface area contributed by atoms with Crippen LogP contribution in [-0.2, 0) is 4.79 Å². The fourth-order valence-electron chi connectivity index (χ4n) is 3.19. The van der Waals surface area contributed by atoms with Crippen LogP contribution in [-0.4, -0.2) is 60.1 Å². The summed E-state index contributed by atoms with van der Waals surface area (Å²) in [6, 6.07) is 0. The van der Waals surface area contributed by atoms with Gasteiger partial charge >= 0.3 is 0 Å². The van der Waals surface area contributed by atoms with Crippen molar-refractivity contribution in [3.63, 3.8) is 0 Å². The second-order valence-electron chi connectivity index (χ2n) is 6.02. The predicted octanol–water partition coefficient (Wildman–Crippen LogP) is 1.59. The second-order valence-corrected chi connectivity index (χ2v) is 6.02. The maximum Gasteiger partial charge on any atom is 0.252 e. The molecule has 2 atom stereocenters. The van der Waals surface area contributed by atoms with Crippen molar-refractivity contribution < 1.29 is 9.90 Å². The lowest BCUT2D eigenvalue weighted by Gasteiger charge is -2.32. The van der Waals surface area contributed by atoms with Crippen molar-refractivity contribution in [1.82, 2.24) is 9.80 Å². The minimum atomic E-state index is -0.871. The van der Waals surface area contributed by atoms with Crippen LogP contribution in [0.15, 0.2) is 36.0 Å². The third-order valence-electron chi connectivity index (χ3n) is 4.48. The molecule has 2 aliphatic rings. The van der Waals surface area contributed by atoms with Gasteiger partial charge in [0.15, 0.2) is 0 Å². The Labute approximate surface area is 127 Å². The number of aliphatic hydroxyl groups is 1. The Kier molecular flexibility index (Phi) is 5.37. The first kappa shape index (κ1) is 16.0. The average molecular weight is 290 g/mol. The summed E-state index contributed by atoms with van der Waals surface area (Å²) in [6.45, 7) is 8.83. The lowest BCUT2D eigenvalue weighted by Crippen LogP contribution is -2.46. The Hall–Kier alpha value is -1.39. The van der Waals surface area contributed by atoms with E-state index in [2.05, 4.69) is 17.6 Å². The molecule has 2 rings (SSSR count). The van der Waals surface area contributed by atoms with Gasteiger partial charge in [-0.2, -0.15) is 0 Å². The highest BCUT2D eigenvalue weighted by molar-refractivity contribution is 5.81. The van der Waals surface area contributed by atoms with Crippen molar-refractivity contribution in [2.75, 3.05) is 33.2 Å². The largest absolute Gasteiger partial charge is 0.383 e. The van der Waals surface area contributed by atoms with Crippen LogP contribution in [0.3, 0.4) is 0 Å². The molecule has 0 saturated carbocycles. The molecule has 1 amide bonds. The molecule has 0 aromatic carbocycles. The molecule has 4 heteroatoms. The van der Waals surface area contributed by atoms with Gasteiger partial charge < -0.3 is 14.9 Å². The number of amides is 1. The molecular weight excluding hydrogens is 264 g/mol. The fraction of sp³-hybridized carbons (Fsp3) is 0.588. The maximum absolute atomic E-state index is 12.5. The number of allylic oxidation sites excluding steroid dienone is 2. The monoisotopic (exact) mass is 290 g/mol. The Morgan fingerprint density at radius 2 is 2.19 bits per heavy atom. The number of aliphatic hydroxyl groups excluding tert-OH is 1. The van der Waals surface area contributed by atoms with Crippen molar-refractivity contribution in [2.45, 2.75) is 25.9 Å². The molecule has 0 bridgehead atoms. The smallest absolute Gasteiger partial charge is 0.252 e. The highest BCUT2D eigenvalue weighted by Crippen LogP contribution is 2.24. The van der Waals surface area contributed by atoms with Crippen LogP contribution >= 0.6 is 0 Å². The summed E-state index contributed by atoms with van der Waals surface area (Å²) in [5.74, 6) is -0.0650. The lowest BCUT2D eigenvalue weighted by atomic mass is 9.96. The van der Waals surface area contributed by atoms with Crippen LogP contribution in [0.5, 0.6) is 0 Å². The average Bonchev–Trinajstić information content (AvgIpc) is 2.93. The standard InChI is InChI=1S/C17H26N2O2/c1-4-6-14-8-10-19(12-13(14)5-2)17(21)16(20)15-7-9-18(3)11-15/h4-6,15-16,20H,2,7-12H2,1,3H3/b6-4-. The molecule has 1 N–H and O–H groups in total. The number of carbonyl (C=O) groups is 1. The summed E-state index contributed by atoms with van der Waals surface area (Å²) in [7, 11) is 2.03. The summed E-state index contributed by atoms with van der Waals surface area (Å²) in [5, 5.41) is 10.3. The van der Waals surface area contributed by atoms with Gasteiger partial charge in [0, 0.05) is 25.6 Å². The minimum Gasteiger partial charge on any atom is -0.383 e. The topological polar surface area (TPSA) is 43.8 Å². The van der Waals surface area contributed by atoms with Gasteiger partial charge in [0.25, 0.3) is 5.91 Å². The van der Waals surface area contributed by atoms with Gasteiger partial charge in [-0.15, -0.1) is 0 Å². The van der Waals surface area contributed by atoms with E-state index in [-0.39, 0.29) is 11.8 Å². The van der Waals surface area contributed by atoms with Crippen LogP contribution < -0.4 is 0 Å². The highest BCUT2D eigenvalue weighted by Gasteiger charge is 2.34. The van der Waals surface area contributed by atoms with Gasteiger partial charge in [0.05, 0.1) is 0 Å². The second kappa shape index (κ2) is 7.05. The van der Waals surface area contributed by atoms with E-state index in [0.717, 1.165) is 31.5 Å². The molecule has 1 saturated heterocycles. The lowest BCUT2D eigenvalue weighted by molar-refractivity contribution is -0.142. The van der Waals surface area contributed by atoms with E-state index in [9.17, 15) is 9.90 Å². The zero-order chi connectivity index (χ0) is 15.4. The highest BCUT2D eigenvalue weighted by atomic mass is 16.3. The van der Waals surface area contributed by atoms with Crippen molar-refractivity contribution in [1.29, 1.82) is 0 Å². The first-order chi connectivity index (χ1) is 10.1. The number of hydrogen-bond donors (Lipinski definition) is 1. The van der Waals surface area contributed by atoms with E-state index >= 15 is 0 Å². The van der Waals surface area contributed by atoms with Crippen LogP contribution in [0.2, 0.25) is 0 Å². The molecule has 2 aliphatic heterocycles. The van der Waals surface area contributed by atoms with E-state index in [1.54, 1.807) is 4.90 Å². The van der Waals surface area contributed by atoms with E-state index in [4.69, 9.17) is 0 Å². The molecule has 0 spiro atoms. The van der Waals surface area contributed by atoms with Gasteiger partial charge in [-0.05, 0) is 44.5 Å². The third-order valence-corrected chi connectivity index (χ3v) is 4.48. The summed E-state index contributed by atoms with van der Waals surface area (Å²) in [6.07, 6.45) is 6.77. The Morgan fingerprint density at radius 1 is 1.43 bits per heavy atom. The molecule has 1 fully saturated rings. The van der Waals surface area contributed by atoms with Crippen molar-refractivity contribution in [3.05, 3.63) is 36.0 Å². The van der Waals surface area contributed by atoms with Crippen molar-refractivity contribution in [2.24, 2.45) is 5.92 Å². The quantitative estimate of drug-likeness (QED) is 0.855. The fourth-order valence-corrected chi connectivity index (χ4v) is 3.19. The normalized spacial score (nSPS) is 25.7. The van der Waals surface area contributed by atoms with Gasteiger partial charge in [-0.3, -0.25) is 4.79 Å². The molecule has 4 nitrogen and oxygen atoms in total. The van der Waals surface area contributed by atoms with Crippen molar-refractivity contribution in [3.8, 4) is 0 Å². The van der Waals surface area contributed by atoms with Crippen LogP contribution in [0.25, 0.3) is 0 Å². The van der Waals surface area contributed by atoms with E-state index in [1.807, 2.05) is 26.1 Å². The summed E-state index contributed by atoms with van der Waals surface area (Å²) in [4.78, 5) is 16.4. The van der Waals surface area contributed by atoms with Gasteiger partial charge in [0.1, 0.15) is 6.10 Å². The molecular formula is C17H26N2O2. The van der Waals surface area contributed by atoms with Gasteiger partial charge in [0.2, 0.25) is 0 Å². The zero-order valence-electron chi connectivity index (χ0n) is 13.1. The molecule has 0 radical (unpaired) electrons. The number of hydrogen-bond acceptors (Lipinski definition) is 3. The predicted molar refractivity (Wildman–Crippen MR) is 84.8 cm³/mol. The molecule has 2 unspecified atom stereocenters. The van der Waals surface area contributed by atoms with E-state index in [0.29, 0.717) is 13.1 Å². The number of rotatable bonds is 4. The molecule has 21 heavy (non-hydrogen) atoms. The van der Waals surface area contributed by atoms with E-state index < -0.39 is 6.10 Å². The summed E-state index contributed by atoms with van der Waals surface area (Å²) >= 11 is 0. The van der Waals surface area contributed by atoms with E-state index in [1.165, 1.54) is 5.57 Å². The minimum absolute atomic E-state index is 0.0654. The Morgan fingerprint density at radius 3 is 2.76 bits per heavy atom.